The van der Waals surface area contributed by atoms with Crippen molar-refractivity contribution in [2.24, 2.45) is 46.6 Å². The Bertz CT molecular complexity index is 395. The molecule has 0 aromatic rings. The Balaban J connectivity index is 1.89. The molecule has 2 nitrogen and oxygen atoms in total. The molecule has 0 unspecified atom stereocenters. The van der Waals surface area contributed by atoms with Crippen LogP contribution in [-0.2, 0) is 0 Å². The van der Waals surface area contributed by atoms with Crippen LogP contribution in [0, 0.1) is 41.4 Å². The van der Waals surface area contributed by atoms with Crippen LogP contribution in [-0.4, -0.2) is 15.2 Å². The molecule has 74 valence electrons. The summed E-state index contributed by atoms with van der Waals surface area (Å²) in [6.07, 6.45) is 2.80. The summed E-state index contributed by atoms with van der Waals surface area (Å²) < 4.78 is 0.367. The van der Waals surface area contributed by atoms with E-state index in [1.165, 1.54) is 18.6 Å². The van der Waals surface area contributed by atoms with Crippen LogP contribution in [0.1, 0.15) is 12.8 Å². The molecule has 3 heteroatoms. The quantitative estimate of drug-likeness (QED) is 0.401. The van der Waals surface area contributed by atoms with Crippen molar-refractivity contribution < 1.29 is 5.21 Å². The van der Waals surface area contributed by atoms with Gasteiger partial charge in [-0.1, -0.05) is 21.1 Å². The van der Waals surface area contributed by atoms with E-state index >= 15 is 0 Å². The summed E-state index contributed by atoms with van der Waals surface area (Å²) in [4.78, 5) is 0. The number of hydrogen-bond donors (Lipinski definition) is 1. The van der Waals surface area contributed by atoms with Gasteiger partial charge < -0.3 is 5.21 Å². The van der Waals surface area contributed by atoms with Gasteiger partial charge >= 0.3 is 0 Å². The molecule has 6 fully saturated rings. The van der Waals surface area contributed by atoms with Crippen LogP contribution in [0.5, 0.6) is 0 Å². The second kappa shape index (κ2) is 1.70. The first kappa shape index (κ1) is 7.26. The normalized spacial score (nSPS) is 77.8. The van der Waals surface area contributed by atoms with Crippen molar-refractivity contribution in [3.05, 3.63) is 0 Å². The number of rotatable bonds is 0. The van der Waals surface area contributed by atoms with Crippen LogP contribution >= 0.6 is 15.9 Å². The Kier molecular flexibility index (Phi) is 0.883. The van der Waals surface area contributed by atoms with Crippen LogP contribution in [0.25, 0.3) is 0 Å². The molecule has 0 aliphatic heterocycles. The van der Waals surface area contributed by atoms with Crippen molar-refractivity contribution in [2.75, 3.05) is 0 Å². The fraction of sp³-hybridized carbons (Fsp3) is 0.909. The van der Waals surface area contributed by atoms with E-state index < -0.39 is 0 Å². The Morgan fingerprint density at radius 2 is 2.21 bits per heavy atom. The Morgan fingerprint density at radius 3 is 2.93 bits per heavy atom. The molecule has 0 saturated heterocycles. The second-order valence-corrected chi connectivity index (χ2v) is 7.47. The van der Waals surface area contributed by atoms with E-state index in [0.717, 1.165) is 29.6 Å². The number of hydrogen-bond acceptors (Lipinski definition) is 2. The van der Waals surface area contributed by atoms with Crippen LogP contribution in [0.2, 0.25) is 0 Å². The third-order valence-corrected chi connectivity index (χ3v) is 7.52. The fourth-order valence-corrected chi connectivity index (χ4v) is 7.89. The highest BCUT2D eigenvalue weighted by molar-refractivity contribution is 9.10. The maximum atomic E-state index is 9.16. The van der Waals surface area contributed by atoms with E-state index in [0.29, 0.717) is 16.2 Å². The molecule has 8 atom stereocenters. The van der Waals surface area contributed by atoms with Crippen molar-refractivity contribution in [1.82, 2.24) is 0 Å². The Morgan fingerprint density at radius 1 is 1.36 bits per heavy atom. The second-order valence-electron chi connectivity index (χ2n) is 5.99. The summed E-state index contributed by atoms with van der Waals surface area (Å²) >= 11 is 4.01. The summed E-state index contributed by atoms with van der Waals surface area (Å²) in [5.41, 5.74) is 1.17. The summed E-state index contributed by atoms with van der Waals surface area (Å²) in [7, 11) is 0. The van der Waals surface area contributed by atoms with Crippen LogP contribution < -0.4 is 0 Å². The van der Waals surface area contributed by atoms with Gasteiger partial charge in [-0.3, -0.25) is 0 Å². The van der Waals surface area contributed by atoms with Crippen molar-refractivity contribution in [3.8, 4) is 0 Å². The molecular weight excluding hydrogens is 242 g/mol. The topological polar surface area (TPSA) is 32.6 Å². The minimum Gasteiger partial charge on any atom is -0.411 e. The molecule has 0 spiro atoms. The van der Waals surface area contributed by atoms with E-state index in [2.05, 4.69) is 21.1 Å². The summed E-state index contributed by atoms with van der Waals surface area (Å²) in [6.45, 7) is 0. The highest BCUT2D eigenvalue weighted by Gasteiger charge is 2.85. The van der Waals surface area contributed by atoms with E-state index in [-0.39, 0.29) is 0 Å². The van der Waals surface area contributed by atoms with Gasteiger partial charge in [-0.25, -0.2) is 0 Å². The van der Waals surface area contributed by atoms with Gasteiger partial charge in [0.05, 0.1) is 5.71 Å². The van der Waals surface area contributed by atoms with Crippen LogP contribution in [0.4, 0.5) is 0 Å². The highest BCUT2D eigenvalue weighted by atomic mass is 79.9. The van der Waals surface area contributed by atoms with Gasteiger partial charge in [0.15, 0.2) is 0 Å². The number of oxime groups is 1. The summed E-state index contributed by atoms with van der Waals surface area (Å²) in [6, 6.07) is 0. The first-order chi connectivity index (χ1) is 6.77. The molecule has 0 radical (unpaired) electrons. The largest absolute Gasteiger partial charge is 0.411 e. The fourth-order valence-electron chi connectivity index (χ4n) is 6.35. The molecule has 6 aliphatic rings. The predicted octanol–water partition coefficient (Wildman–Crippen LogP) is 2.11. The van der Waals surface area contributed by atoms with Crippen molar-refractivity contribution in [3.63, 3.8) is 0 Å². The van der Waals surface area contributed by atoms with Crippen LogP contribution in [0.15, 0.2) is 5.16 Å². The molecule has 6 saturated carbocycles. The minimum absolute atomic E-state index is 0.367. The lowest BCUT2D eigenvalue weighted by Crippen LogP contribution is -2.39. The van der Waals surface area contributed by atoms with E-state index in [4.69, 9.17) is 5.21 Å². The molecule has 0 heterocycles. The minimum atomic E-state index is 0.367. The van der Waals surface area contributed by atoms with Crippen molar-refractivity contribution in [1.29, 1.82) is 0 Å². The standard InChI is InChI=1S/C11H12BrNO/c12-11-2-5-3-1-4-6(5)9(11)10(13-14)7(4)8(3)11/h3-9,14H,1-2H2/b13-10-/t3-,4-,5+,6-,7-,8-,9-,11-/m0/s1. The van der Waals surface area contributed by atoms with Crippen LogP contribution in [0.3, 0.4) is 0 Å². The maximum absolute atomic E-state index is 9.16. The predicted molar refractivity (Wildman–Crippen MR) is 54.5 cm³/mol. The SMILES string of the molecule is O/N=C1/[C@H]2[C@H]3C[C@H]4[C@H]5C[C@](Br)([C@@H]42)[C@H]1[C@H]53. The molecule has 0 amide bonds. The molecule has 0 aromatic heterocycles. The molecule has 6 rings (SSSR count). The highest BCUT2D eigenvalue weighted by Crippen LogP contribution is 2.85. The first-order valence-electron chi connectivity index (χ1n) is 5.68. The summed E-state index contributed by atoms with van der Waals surface area (Å²) in [5.74, 6) is 5.85. The van der Waals surface area contributed by atoms with Gasteiger partial charge in [0.1, 0.15) is 0 Å². The lowest BCUT2D eigenvalue weighted by atomic mass is 9.71. The van der Waals surface area contributed by atoms with Crippen molar-refractivity contribution in [2.45, 2.75) is 17.2 Å². The van der Waals surface area contributed by atoms with Gasteiger partial charge in [-0.2, -0.15) is 0 Å². The van der Waals surface area contributed by atoms with Gasteiger partial charge in [-0.05, 0) is 42.4 Å². The zero-order chi connectivity index (χ0) is 9.24. The molecule has 0 aromatic carbocycles. The summed E-state index contributed by atoms with van der Waals surface area (Å²) in [5, 5.41) is 12.8. The number of alkyl halides is 1. The maximum Gasteiger partial charge on any atom is 0.0655 e. The molecular formula is C11H12BrNO. The zero-order valence-electron chi connectivity index (χ0n) is 7.73. The Labute approximate surface area is 90.9 Å². The van der Waals surface area contributed by atoms with Gasteiger partial charge in [0, 0.05) is 16.2 Å². The molecule has 6 aliphatic carbocycles. The third-order valence-electron chi connectivity index (χ3n) is 6.17. The number of nitrogens with zero attached hydrogens (tertiary/aromatic N) is 1. The van der Waals surface area contributed by atoms with Gasteiger partial charge in [0.25, 0.3) is 0 Å². The van der Waals surface area contributed by atoms with Gasteiger partial charge in [0.2, 0.25) is 0 Å². The third kappa shape index (κ3) is 0.412. The molecule has 14 heavy (non-hydrogen) atoms. The average molecular weight is 254 g/mol. The molecule has 6 bridgehead atoms. The number of halogens is 1. The smallest absolute Gasteiger partial charge is 0.0655 e. The zero-order valence-corrected chi connectivity index (χ0v) is 9.31. The van der Waals surface area contributed by atoms with Crippen molar-refractivity contribution >= 4 is 21.6 Å². The molecule has 1 N–H and O–H groups in total. The lowest BCUT2D eigenvalue weighted by Gasteiger charge is -2.37. The van der Waals surface area contributed by atoms with E-state index in [1.54, 1.807) is 0 Å². The average Bonchev–Trinajstić information content (AvgIpc) is 2.76. The monoisotopic (exact) mass is 253 g/mol. The Hall–Kier alpha value is -0.0500. The first-order valence-corrected chi connectivity index (χ1v) is 6.47. The van der Waals surface area contributed by atoms with Gasteiger partial charge in [-0.15, -0.1) is 0 Å². The van der Waals surface area contributed by atoms with E-state index in [9.17, 15) is 0 Å². The lowest BCUT2D eigenvalue weighted by molar-refractivity contribution is 0.149. The van der Waals surface area contributed by atoms with E-state index in [1.807, 2.05) is 0 Å².